The summed E-state index contributed by atoms with van der Waals surface area (Å²) >= 11 is 3.33. The molecular weight excluding hydrogens is 382 g/mol. The van der Waals surface area contributed by atoms with Gasteiger partial charge >= 0.3 is 0 Å². The van der Waals surface area contributed by atoms with E-state index in [0.717, 1.165) is 15.6 Å². The lowest BCUT2D eigenvalue weighted by Gasteiger charge is -2.05. The van der Waals surface area contributed by atoms with Crippen molar-refractivity contribution in [1.29, 1.82) is 0 Å². The number of hydrogen-bond acceptors (Lipinski definition) is 3. The maximum absolute atomic E-state index is 11.9. The molecule has 0 radical (unpaired) electrons. The number of benzene rings is 2. The highest BCUT2D eigenvalue weighted by molar-refractivity contribution is 9.10. The van der Waals surface area contributed by atoms with Gasteiger partial charge < -0.3 is 5.32 Å². The molecule has 2 aromatic carbocycles. The minimum absolute atomic E-state index is 0.0764. The Morgan fingerprint density at radius 3 is 2.20 bits per heavy atom. The molecule has 0 unspecified atom stereocenters. The monoisotopic (exact) mass is 401 g/mol. The quantitative estimate of drug-likeness (QED) is 0.566. The highest BCUT2D eigenvalue weighted by Gasteiger charge is 2.07. The topological polar surface area (TPSA) is 70.6 Å². The molecule has 0 saturated carbocycles. The normalized spacial score (nSPS) is 11.1. The summed E-state index contributed by atoms with van der Waals surface area (Å²) in [6, 6.07) is 15.1. The van der Waals surface area contributed by atoms with Crippen LogP contribution in [0.5, 0.6) is 0 Å². The molecule has 0 spiro atoms. The molecule has 0 aromatic heterocycles. The standard InChI is InChI=1S/C19H20BrN3O2/c1-13-3-5-15(6-4-13)14(2)22-23-19(25)12-11-18(24)21-17-9-7-16(20)8-10-17/h3-10H,11-12H2,1-2H3,(H,21,24)(H,23,25)/b22-14+. The number of rotatable bonds is 6. The molecule has 0 heterocycles. The van der Waals surface area contributed by atoms with Crippen molar-refractivity contribution in [2.75, 3.05) is 5.32 Å². The van der Waals surface area contributed by atoms with Crippen LogP contribution in [0.3, 0.4) is 0 Å². The highest BCUT2D eigenvalue weighted by atomic mass is 79.9. The fraction of sp³-hybridized carbons (Fsp3) is 0.211. The molecule has 6 heteroatoms. The van der Waals surface area contributed by atoms with E-state index >= 15 is 0 Å². The van der Waals surface area contributed by atoms with E-state index in [1.807, 2.05) is 50.2 Å². The molecule has 0 aliphatic rings. The Morgan fingerprint density at radius 2 is 1.56 bits per heavy atom. The fourth-order valence-corrected chi connectivity index (χ4v) is 2.31. The summed E-state index contributed by atoms with van der Waals surface area (Å²) in [4.78, 5) is 23.7. The van der Waals surface area contributed by atoms with Gasteiger partial charge in [-0.05, 0) is 43.7 Å². The SMILES string of the molecule is C/C(=N\NC(=O)CCC(=O)Nc1ccc(Br)cc1)c1ccc(C)cc1. The van der Waals surface area contributed by atoms with Crippen molar-refractivity contribution in [1.82, 2.24) is 5.43 Å². The second-order valence-corrected chi connectivity index (χ2v) is 6.57. The predicted molar refractivity (Wildman–Crippen MR) is 104 cm³/mol. The Kier molecular flexibility index (Phi) is 6.89. The van der Waals surface area contributed by atoms with Gasteiger partial charge in [-0.1, -0.05) is 45.8 Å². The van der Waals surface area contributed by atoms with Gasteiger partial charge in [0.1, 0.15) is 0 Å². The van der Waals surface area contributed by atoms with Crippen LogP contribution in [0.1, 0.15) is 30.9 Å². The Morgan fingerprint density at radius 1 is 0.960 bits per heavy atom. The van der Waals surface area contributed by atoms with Crippen LogP contribution in [0, 0.1) is 6.92 Å². The summed E-state index contributed by atoms with van der Waals surface area (Å²) in [5.74, 6) is -0.505. The van der Waals surface area contributed by atoms with Crippen molar-refractivity contribution >= 4 is 39.1 Å². The van der Waals surface area contributed by atoms with Crippen LogP contribution in [0.15, 0.2) is 58.1 Å². The van der Waals surface area contributed by atoms with Crippen LogP contribution in [0.25, 0.3) is 0 Å². The van der Waals surface area contributed by atoms with Crippen molar-refractivity contribution in [3.63, 3.8) is 0 Å². The summed E-state index contributed by atoms with van der Waals surface area (Å²) < 4.78 is 0.937. The number of hydrazone groups is 1. The van der Waals surface area contributed by atoms with Gasteiger partial charge in [-0.2, -0.15) is 5.10 Å². The first-order valence-corrected chi connectivity index (χ1v) is 8.69. The zero-order chi connectivity index (χ0) is 18.2. The van der Waals surface area contributed by atoms with Crippen LogP contribution in [-0.4, -0.2) is 17.5 Å². The van der Waals surface area contributed by atoms with Crippen molar-refractivity contribution in [2.24, 2.45) is 5.10 Å². The molecular formula is C19H20BrN3O2. The molecule has 25 heavy (non-hydrogen) atoms. The van der Waals surface area contributed by atoms with E-state index in [2.05, 4.69) is 31.8 Å². The summed E-state index contributed by atoms with van der Waals surface area (Å²) in [5, 5.41) is 6.82. The zero-order valence-electron chi connectivity index (χ0n) is 14.2. The Hall–Kier alpha value is -2.47. The second kappa shape index (κ2) is 9.13. The van der Waals surface area contributed by atoms with Gasteiger partial charge in [0.25, 0.3) is 0 Å². The van der Waals surface area contributed by atoms with Gasteiger partial charge in [-0.3, -0.25) is 9.59 Å². The summed E-state index contributed by atoms with van der Waals surface area (Å²) in [7, 11) is 0. The summed E-state index contributed by atoms with van der Waals surface area (Å²) in [5.41, 5.74) is 6.00. The van der Waals surface area contributed by atoms with Gasteiger partial charge in [0, 0.05) is 23.0 Å². The van der Waals surface area contributed by atoms with Crippen molar-refractivity contribution in [3.05, 3.63) is 64.1 Å². The molecule has 2 rings (SSSR count). The number of anilines is 1. The van der Waals surface area contributed by atoms with Gasteiger partial charge in [0.15, 0.2) is 0 Å². The van der Waals surface area contributed by atoms with Crippen molar-refractivity contribution in [3.8, 4) is 0 Å². The Bertz CT molecular complexity index is 768. The van der Waals surface area contributed by atoms with E-state index in [1.165, 1.54) is 0 Å². The minimum Gasteiger partial charge on any atom is -0.326 e. The number of nitrogens with one attached hydrogen (secondary N) is 2. The van der Waals surface area contributed by atoms with Gasteiger partial charge in [0.2, 0.25) is 11.8 Å². The number of halogens is 1. The third-order valence-electron chi connectivity index (χ3n) is 3.52. The molecule has 0 atom stereocenters. The predicted octanol–water partition coefficient (Wildman–Crippen LogP) is 4.02. The minimum atomic E-state index is -0.294. The molecule has 0 aliphatic carbocycles. The smallest absolute Gasteiger partial charge is 0.240 e. The van der Waals surface area contributed by atoms with E-state index in [-0.39, 0.29) is 24.7 Å². The van der Waals surface area contributed by atoms with E-state index in [4.69, 9.17) is 0 Å². The number of nitrogens with zero attached hydrogens (tertiary/aromatic N) is 1. The average Bonchev–Trinajstić information content (AvgIpc) is 2.60. The second-order valence-electron chi connectivity index (χ2n) is 5.65. The first-order valence-electron chi connectivity index (χ1n) is 7.89. The zero-order valence-corrected chi connectivity index (χ0v) is 15.8. The lowest BCUT2D eigenvalue weighted by atomic mass is 10.1. The molecule has 5 nitrogen and oxygen atoms in total. The van der Waals surface area contributed by atoms with Gasteiger partial charge in [-0.15, -0.1) is 0 Å². The van der Waals surface area contributed by atoms with E-state index in [9.17, 15) is 9.59 Å². The van der Waals surface area contributed by atoms with E-state index in [1.54, 1.807) is 12.1 Å². The largest absolute Gasteiger partial charge is 0.326 e. The maximum Gasteiger partial charge on any atom is 0.240 e. The number of aryl methyl sites for hydroxylation is 1. The summed E-state index contributed by atoms with van der Waals surface area (Å²) in [6.07, 6.45) is 0.175. The highest BCUT2D eigenvalue weighted by Crippen LogP contribution is 2.14. The third kappa shape index (κ3) is 6.51. The molecule has 130 valence electrons. The van der Waals surface area contributed by atoms with Crippen LogP contribution in [-0.2, 0) is 9.59 Å². The van der Waals surface area contributed by atoms with Gasteiger partial charge in [-0.25, -0.2) is 5.43 Å². The lowest BCUT2D eigenvalue weighted by molar-refractivity contribution is -0.124. The molecule has 2 amide bonds. The fourth-order valence-electron chi connectivity index (χ4n) is 2.05. The van der Waals surface area contributed by atoms with Crippen LogP contribution in [0.4, 0.5) is 5.69 Å². The van der Waals surface area contributed by atoms with Gasteiger partial charge in [0.05, 0.1) is 5.71 Å². The van der Waals surface area contributed by atoms with Crippen LogP contribution in [0.2, 0.25) is 0 Å². The first-order chi connectivity index (χ1) is 11.9. The number of carbonyl (C=O) groups is 2. The number of amides is 2. The molecule has 2 N–H and O–H groups in total. The van der Waals surface area contributed by atoms with Crippen LogP contribution >= 0.6 is 15.9 Å². The number of hydrogen-bond donors (Lipinski definition) is 2. The maximum atomic E-state index is 11.9. The molecule has 0 fully saturated rings. The van der Waals surface area contributed by atoms with Crippen molar-refractivity contribution < 1.29 is 9.59 Å². The molecule has 0 bridgehead atoms. The Labute approximate surface area is 155 Å². The molecule has 0 aliphatic heterocycles. The van der Waals surface area contributed by atoms with E-state index in [0.29, 0.717) is 11.4 Å². The van der Waals surface area contributed by atoms with Crippen LogP contribution < -0.4 is 10.7 Å². The number of carbonyl (C=O) groups excluding carboxylic acids is 2. The first kappa shape index (κ1) is 18.9. The molecule has 0 saturated heterocycles. The Balaban J connectivity index is 1.77. The summed E-state index contributed by atoms with van der Waals surface area (Å²) in [6.45, 7) is 3.84. The van der Waals surface area contributed by atoms with E-state index < -0.39 is 0 Å². The third-order valence-corrected chi connectivity index (χ3v) is 4.05. The van der Waals surface area contributed by atoms with Crippen molar-refractivity contribution in [2.45, 2.75) is 26.7 Å². The lowest BCUT2D eigenvalue weighted by Crippen LogP contribution is -2.21. The molecule has 2 aromatic rings. The average molecular weight is 402 g/mol.